The monoisotopic (exact) mass is 368 g/mol. The van der Waals surface area contributed by atoms with E-state index in [0.29, 0.717) is 29.9 Å². The lowest BCUT2D eigenvalue weighted by molar-refractivity contribution is -0.123. The first-order valence-corrected chi connectivity index (χ1v) is 8.48. The molecule has 140 valence electrons. The van der Waals surface area contributed by atoms with Crippen molar-refractivity contribution in [2.45, 2.75) is 25.3 Å². The van der Waals surface area contributed by atoms with Gasteiger partial charge >= 0.3 is 12.0 Å². The molecule has 0 radical (unpaired) electrons. The van der Waals surface area contributed by atoms with E-state index in [4.69, 9.17) is 9.47 Å². The van der Waals surface area contributed by atoms with Gasteiger partial charge in [0.1, 0.15) is 17.0 Å². The van der Waals surface area contributed by atoms with Gasteiger partial charge in [-0.05, 0) is 61.7 Å². The van der Waals surface area contributed by atoms with Crippen molar-refractivity contribution in [3.63, 3.8) is 0 Å². The van der Waals surface area contributed by atoms with Crippen LogP contribution in [0.2, 0.25) is 0 Å². The van der Waals surface area contributed by atoms with Crippen LogP contribution < -0.4 is 20.1 Å². The third kappa shape index (κ3) is 4.25. The van der Waals surface area contributed by atoms with Gasteiger partial charge in [0.25, 0.3) is 5.91 Å². The fraction of sp³-hybridized carbons (Fsp3) is 0.250. The largest absolute Gasteiger partial charge is 0.497 e. The zero-order valence-corrected chi connectivity index (χ0v) is 15.1. The lowest BCUT2D eigenvalue weighted by Crippen LogP contribution is -2.43. The molecular formula is C20H20N2O5. The molecule has 1 aliphatic heterocycles. The molecule has 2 N–H and O–H groups in total. The number of rotatable bonds is 6. The Balaban J connectivity index is 1.57. The lowest BCUT2D eigenvalue weighted by atomic mass is 9.93. The van der Waals surface area contributed by atoms with E-state index < -0.39 is 17.5 Å². The number of amides is 3. The SMILES string of the molecule is COc1ccc(C(=O)Oc2ccc(CC[C@]3(C)NC(=O)NC3=O)cc2)cc1. The van der Waals surface area contributed by atoms with E-state index in [1.165, 1.54) is 0 Å². The zero-order valence-electron chi connectivity index (χ0n) is 15.1. The van der Waals surface area contributed by atoms with Crippen LogP contribution in [0.15, 0.2) is 48.5 Å². The predicted molar refractivity (Wildman–Crippen MR) is 97.8 cm³/mol. The Morgan fingerprint density at radius 2 is 1.63 bits per heavy atom. The molecule has 0 unspecified atom stereocenters. The fourth-order valence-corrected chi connectivity index (χ4v) is 2.77. The highest BCUT2D eigenvalue weighted by atomic mass is 16.5. The van der Waals surface area contributed by atoms with Crippen LogP contribution in [0, 0.1) is 0 Å². The van der Waals surface area contributed by atoms with Gasteiger partial charge in [0, 0.05) is 0 Å². The Bertz CT molecular complexity index is 861. The van der Waals surface area contributed by atoms with Crippen LogP contribution in [-0.2, 0) is 11.2 Å². The first kappa shape index (κ1) is 18.4. The minimum absolute atomic E-state index is 0.322. The van der Waals surface area contributed by atoms with E-state index >= 15 is 0 Å². The van der Waals surface area contributed by atoms with Crippen molar-refractivity contribution in [3.8, 4) is 11.5 Å². The number of urea groups is 1. The maximum atomic E-state index is 12.2. The first-order chi connectivity index (χ1) is 12.9. The van der Waals surface area contributed by atoms with E-state index in [9.17, 15) is 14.4 Å². The zero-order chi connectivity index (χ0) is 19.4. The highest BCUT2D eigenvalue weighted by molar-refractivity contribution is 6.06. The number of nitrogens with one attached hydrogen (secondary N) is 2. The van der Waals surface area contributed by atoms with Crippen LogP contribution in [0.3, 0.4) is 0 Å². The molecule has 27 heavy (non-hydrogen) atoms. The van der Waals surface area contributed by atoms with E-state index in [1.807, 2.05) is 12.1 Å². The molecule has 1 atom stereocenters. The molecule has 0 spiro atoms. The third-order valence-corrected chi connectivity index (χ3v) is 4.49. The Morgan fingerprint density at radius 1 is 1.00 bits per heavy atom. The van der Waals surface area contributed by atoms with Gasteiger partial charge < -0.3 is 14.8 Å². The second-order valence-corrected chi connectivity index (χ2v) is 6.50. The van der Waals surface area contributed by atoms with Crippen LogP contribution in [-0.4, -0.2) is 30.6 Å². The molecule has 1 aliphatic rings. The topological polar surface area (TPSA) is 93.7 Å². The highest BCUT2D eigenvalue weighted by Gasteiger charge is 2.41. The first-order valence-electron chi connectivity index (χ1n) is 8.48. The predicted octanol–water partition coefficient (Wildman–Crippen LogP) is 2.45. The molecule has 1 fully saturated rings. The van der Waals surface area contributed by atoms with Crippen LogP contribution in [0.4, 0.5) is 4.79 Å². The summed E-state index contributed by atoms with van der Waals surface area (Å²) in [5.74, 6) is 0.315. The van der Waals surface area contributed by atoms with E-state index in [1.54, 1.807) is 50.4 Å². The smallest absolute Gasteiger partial charge is 0.343 e. The molecule has 0 bridgehead atoms. The quantitative estimate of drug-likeness (QED) is 0.464. The molecule has 7 nitrogen and oxygen atoms in total. The number of imide groups is 1. The number of aryl methyl sites for hydroxylation is 1. The van der Waals surface area contributed by atoms with E-state index in [0.717, 1.165) is 5.56 Å². The van der Waals surface area contributed by atoms with Crippen molar-refractivity contribution < 1.29 is 23.9 Å². The average Bonchev–Trinajstić information content (AvgIpc) is 2.93. The van der Waals surface area contributed by atoms with Gasteiger partial charge in [-0.3, -0.25) is 10.1 Å². The number of esters is 1. The number of hydrogen-bond acceptors (Lipinski definition) is 5. The standard InChI is InChI=1S/C20H20N2O5/c1-20(18(24)21-19(25)22-20)12-11-13-3-7-16(8-4-13)27-17(23)14-5-9-15(26-2)10-6-14/h3-10H,11-12H2,1-2H3,(H2,21,22,24,25)/t20-/m0/s1. The molecule has 2 aromatic carbocycles. The molecule has 1 heterocycles. The summed E-state index contributed by atoms with van der Waals surface area (Å²) in [6.45, 7) is 1.69. The minimum atomic E-state index is -0.906. The lowest BCUT2D eigenvalue weighted by Gasteiger charge is -2.20. The number of methoxy groups -OCH3 is 1. The number of benzene rings is 2. The van der Waals surface area contributed by atoms with Crippen LogP contribution in [0.25, 0.3) is 0 Å². The van der Waals surface area contributed by atoms with Crippen molar-refractivity contribution in [1.29, 1.82) is 0 Å². The van der Waals surface area contributed by atoms with Gasteiger partial charge in [0.15, 0.2) is 0 Å². The maximum Gasteiger partial charge on any atom is 0.343 e. The molecule has 3 amide bonds. The minimum Gasteiger partial charge on any atom is -0.497 e. The van der Waals surface area contributed by atoms with Crippen molar-refractivity contribution in [3.05, 3.63) is 59.7 Å². The Kier molecular flexibility index (Phi) is 5.12. The van der Waals surface area contributed by atoms with Gasteiger partial charge in [-0.2, -0.15) is 0 Å². The normalized spacial score (nSPS) is 18.6. The maximum absolute atomic E-state index is 12.2. The van der Waals surface area contributed by atoms with Gasteiger partial charge in [0.05, 0.1) is 12.7 Å². The molecule has 0 aromatic heterocycles. The molecule has 3 rings (SSSR count). The number of ether oxygens (including phenoxy) is 2. The Labute approximate surface area is 156 Å². The molecule has 2 aromatic rings. The molecule has 0 aliphatic carbocycles. The van der Waals surface area contributed by atoms with E-state index in [2.05, 4.69) is 10.6 Å². The van der Waals surface area contributed by atoms with Crippen LogP contribution in [0.5, 0.6) is 11.5 Å². The fourth-order valence-electron chi connectivity index (χ4n) is 2.77. The van der Waals surface area contributed by atoms with Gasteiger partial charge in [-0.1, -0.05) is 12.1 Å². The van der Waals surface area contributed by atoms with E-state index in [-0.39, 0.29) is 5.91 Å². The summed E-state index contributed by atoms with van der Waals surface area (Å²) >= 11 is 0. The second-order valence-electron chi connectivity index (χ2n) is 6.50. The van der Waals surface area contributed by atoms with Crippen molar-refractivity contribution in [2.24, 2.45) is 0 Å². The summed E-state index contributed by atoms with van der Waals surface area (Å²) in [5, 5.41) is 4.88. The average molecular weight is 368 g/mol. The third-order valence-electron chi connectivity index (χ3n) is 4.49. The number of carbonyl (C=O) groups is 3. The number of hydrogen-bond donors (Lipinski definition) is 2. The van der Waals surface area contributed by atoms with Crippen molar-refractivity contribution >= 4 is 17.9 Å². The second kappa shape index (κ2) is 7.49. The van der Waals surface area contributed by atoms with Crippen LogP contribution >= 0.6 is 0 Å². The number of carbonyl (C=O) groups excluding carboxylic acids is 3. The molecule has 1 saturated heterocycles. The summed E-state index contributed by atoms with van der Waals surface area (Å²) in [6, 6.07) is 13.2. The molecule has 0 saturated carbocycles. The summed E-state index contributed by atoms with van der Waals surface area (Å²) in [5.41, 5.74) is 0.488. The highest BCUT2D eigenvalue weighted by Crippen LogP contribution is 2.20. The van der Waals surface area contributed by atoms with Crippen LogP contribution in [0.1, 0.15) is 29.3 Å². The van der Waals surface area contributed by atoms with Gasteiger partial charge in [-0.15, -0.1) is 0 Å². The summed E-state index contributed by atoms with van der Waals surface area (Å²) in [4.78, 5) is 35.3. The Morgan fingerprint density at radius 3 is 2.19 bits per heavy atom. The molecule has 7 heteroatoms. The molecular weight excluding hydrogens is 348 g/mol. The summed E-state index contributed by atoms with van der Waals surface area (Å²) in [7, 11) is 1.56. The summed E-state index contributed by atoms with van der Waals surface area (Å²) < 4.78 is 10.4. The Hall–Kier alpha value is -3.35. The summed E-state index contributed by atoms with van der Waals surface area (Å²) in [6.07, 6.45) is 1.06. The van der Waals surface area contributed by atoms with Crippen molar-refractivity contribution in [2.75, 3.05) is 7.11 Å². The van der Waals surface area contributed by atoms with Gasteiger partial charge in [-0.25, -0.2) is 9.59 Å². The van der Waals surface area contributed by atoms with Crippen molar-refractivity contribution in [1.82, 2.24) is 10.6 Å². The van der Waals surface area contributed by atoms with Gasteiger partial charge in [0.2, 0.25) is 0 Å².